The van der Waals surface area contributed by atoms with E-state index in [0.717, 1.165) is 42.5 Å². The highest BCUT2D eigenvalue weighted by molar-refractivity contribution is 8.00. The van der Waals surface area contributed by atoms with Gasteiger partial charge in [0.25, 0.3) is 0 Å². The van der Waals surface area contributed by atoms with E-state index in [4.69, 9.17) is 4.52 Å². The molecule has 0 spiro atoms. The van der Waals surface area contributed by atoms with Crippen LogP contribution in [-0.2, 0) is 10.3 Å². The SMILES string of the molecule is Cc1nc(C2(NC(=O)CSC(C)c3nc4ccccc4[nH]3)CCCCCC2)no1. The van der Waals surface area contributed by atoms with E-state index < -0.39 is 5.54 Å². The number of amides is 1. The highest BCUT2D eigenvalue weighted by Gasteiger charge is 2.38. The maximum Gasteiger partial charge on any atom is 0.230 e. The Kier molecular flexibility index (Phi) is 5.89. The molecule has 1 saturated carbocycles. The molecular formula is C21H27N5O2S. The van der Waals surface area contributed by atoms with Gasteiger partial charge in [-0.15, -0.1) is 11.8 Å². The molecule has 0 bridgehead atoms. The van der Waals surface area contributed by atoms with Crippen LogP contribution in [0.15, 0.2) is 28.8 Å². The summed E-state index contributed by atoms with van der Waals surface area (Å²) >= 11 is 1.58. The maximum atomic E-state index is 12.9. The third-order valence-electron chi connectivity index (χ3n) is 5.55. The monoisotopic (exact) mass is 413 g/mol. The number of nitrogens with one attached hydrogen (secondary N) is 2. The number of carbonyl (C=O) groups is 1. The predicted molar refractivity (Wildman–Crippen MR) is 114 cm³/mol. The molecule has 2 N–H and O–H groups in total. The zero-order valence-corrected chi connectivity index (χ0v) is 17.7. The molecule has 1 aliphatic carbocycles. The Morgan fingerprint density at radius 1 is 1.24 bits per heavy atom. The minimum Gasteiger partial charge on any atom is -0.343 e. The van der Waals surface area contributed by atoms with E-state index in [1.165, 1.54) is 12.8 Å². The largest absolute Gasteiger partial charge is 0.343 e. The molecule has 1 fully saturated rings. The smallest absolute Gasteiger partial charge is 0.230 e. The summed E-state index contributed by atoms with van der Waals surface area (Å²) in [4.78, 5) is 25.3. The van der Waals surface area contributed by atoms with Crippen molar-refractivity contribution in [3.8, 4) is 0 Å². The number of benzene rings is 1. The number of thioether (sulfide) groups is 1. The van der Waals surface area contributed by atoms with Crippen molar-refractivity contribution in [1.82, 2.24) is 25.4 Å². The fourth-order valence-corrected chi connectivity index (χ4v) is 4.72. The molecular weight excluding hydrogens is 386 g/mol. The van der Waals surface area contributed by atoms with E-state index in [1.807, 2.05) is 24.3 Å². The summed E-state index contributed by atoms with van der Waals surface area (Å²) in [6.07, 6.45) is 6.15. The number of hydrogen-bond donors (Lipinski definition) is 2. The highest BCUT2D eigenvalue weighted by atomic mass is 32.2. The summed E-state index contributed by atoms with van der Waals surface area (Å²) in [5.41, 5.74) is 1.45. The van der Waals surface area contributed by atoms with Gasteiger partial charge in [-0.25, -0.2) is 4.98 Å². The van der Waals surface area contributed by atoms with E-state index in [9.17, 15) is 4.79 Å². The summed E-state index contributed by atoms with van der Waals surface area (Å²) < 4.78 is 5.22. The Labute approximate surface area is 174 Å². The second-order valence-electron chi connectivity index (χ2n) is 7.77. The average Bonchev–Trinajstić information content (AvgIpc) is 3.28. The van der Waals surface area contributed by atoms with Crippen LogP contribution < -0.4 is 5.32 Å². The van der Waals surface area contributed by atoms with Crippen LogP contribution in [0.5, 0.6) is 0 Å². The minimum atomic E-state index is -0.519. The van der Waals surface area contributed by atoms with E-state index in [2.05, 4.69) is 32.3 Å². The Bertz CT molecular complexity index is 941. The molecule has 0 radical (unpaired) electrons. The van der Waals surface area contributed by atoms with Crippen LogP contribution in [0.4, 0.5) is 0 Å². The fraction of sp³-hybridized carbons (Fsp3) is 0.524. The summed E-state index contributed by atoms with van der Waals surface area (Å²) in [6, 6.07) is 7.96. The second kappa shape index (κ2) is 8.57. The van der Waals surface area contributed by atoms with Crippen LogP contribution in [0, 0.1) is 6.92 Å². The van der Waals surface area contributed by atoms with Crippen molar-refractivity contribution in [1.29, 1.82) is 0 Å². The summed E-state index contributed by atoms with van der Waals surface area (Å²) in [6.45, 7) is 3.85. The van der Waals surface area contributed by atoms with E-state index >= 15 is 0 Å². The van der Waals surface area contributed by atoms with Gasteiger partial charge in [-0.05, 0) is 31.9 Å². The van der Waals surface area contributed by atoms with Crippen molar-refractivity contribution >= 4 is 28.7 Å². The number of para-hydroxylation sites is 2. The van der Waals surface area contributed by atoms with Gasteiger partial charge in [0.1, 0.15) is 11.4 Å². The Hall–Kier alpha value is -2.35. The third-order valence-corrected chi connectivity index (χ3v) is 6.70. The van der Waals surface area contributed by atoms with Gasteiger partial charge in [-0.1, -0.05) is 43.0 Å². The zero-order valence-electron chi connectivity index (χ0n) is 16.9. The van der Waals surface area contributed by atoms with E-state index in [0.29, 0.717) is 17.5 Å². The van der Waals surface area contributed by atoms with Crippen LogP contribution in [0.1, 0.15) is 68.2 Å². The fourth-order valence-electron chi connectivity index (χ4n) is 3.98. The van der Waals surface area contributed by atoms with Gasteiger partial charge in [-0.2, -0.15) is 4.98 Å². The maximum absolute atomic E-state index is 12.9. The lowest BCUT2D eigenvalue weighted by atomic mass is 9.89. The lowest BCUT2D eigenvalue weighted by Crippen LogP contribution is -2.47. The van der Waals surface area contributed by atoms with Crippen molar-refractivity contribution in [3.05, 3.63) is 41.8 Å². The van der Waals surface area contributed by atoms with Crippen molar-refractivity contribution in [2.75, 3.05) is 5.75 Å². The molecule has 29 heavy (non-hydrogen) atoms. The topological polar surface area (TPSA) is 96.7 Å². The normalized spacial score (nSPS) is 17.7. The van der Waals surface area contributed by atoms with E-state index in [1.54, 1.807) is 18.7 Å². The van der Waals surface area contributed by atoms with Crippen molar-refractivity contribution in [3.63, 3.8) is 0 Å². The van der Waals surface area contributed by atoms with Crippen molar-refractivity contribution in [2.24, 2.45) is 0 Å². The number of nitrogens with zero attached hydrogens (tertiary/aromatic N) is 3. The first kappa shape index (κ1) is 19.9. The molecule has 2 aromatic heterocycles. The highest BCUT2D eigenvalue weighted by Crippen LogP contribution is 2.35. The van der Waals surface area contributed by atoms with Gasteiger partial charge in [0, 0.05) is 6.92 Å². The lowest BCUT2D eigenvalue weighted by molar-refractivity contribution is -0.120. The van der Waals surface area contributed by atoms with Crippen LogP contribution in [-0.4, -0.2) is 31.8 Å². The van der Waals surface area contributed by atoms with Gasteiger partial charge in [0.05, 0.1) is 22.0 Å². The quantitative estimate of drug-likeness (QED) is 0.581. The number of aryl methyl sites for hydroxylation is 1. The molecule has 8 heteroatoms. The lowest BCUT2D eigenvalue weighted by Gasteiger charge is -2.30. The Balaban J connectivity index is 1.42. The Morgan fingerprint density at radius 3 is 2.69 bits per heavy atom. The number of aromatic nitrogens is 4. The molecule has 1 aliphatic rings. The first-order valence-electron chi connectivity index (χ1n) is 10.2. The molecule has 0 aliphatic heterocycles. The summed E-state index contributed by atoms with van der Waals surface area (Å²) in [5, 5.41) is 7.50. The molecule has 1 atom stereocenters. The van der Waals surface area contributed by atoms with Gasteiger partial charge < -0.3 is 14.8 Å². The number of aromatic amines is 1. The third kappa shape index (κ3) is 4.47. The van der Waals surface area contributed by atoms with Gasteiger partial charge in [0.2, 0.25) is 11.8 Å². The molecule has 0 saturated heterocycles. The molecule has 4 rings (SSSR count). The molecule has 1 aromatic carbocycles. The van der Waals surface area contributed by atoms with Gasteiger partial charge in [-0.3, -0.25) is 4.79 Å². The molecule has 7 nitrogen and oxygen atoms in total. The summed E-state index contributed by atoms with van der Waals surface area (Å²) in [7, 11) is 0. The number of imidazole rings is 1. The first-order chi connectivity index (χ1) is 14.1. The first-order valence-corrected chi connectivity index (χ1v) is 11.3. The van der Waals surface area contributed by atoms with Crippen LogP contribution >= 0.6 is 11.8 Å². The minimum absolute atomic E-state index is 0.00214. The standard InChI is InChI=1S/C21H27N5O2S/c1-14(19-23-16-9-5-6-10-17(16)24-19)29-13-18(27)25-21(11-7-3-4-8-12-21)20-22-15(2)28-26-20/h5-6,9-10,14H,3-4,7-8,11-13H2,1-2H3,(H,23,24)(H,25,27). The average molecular weight is 414 g/mol. The number of rotatable bonds is 6. The summed E-state index contributed by atoms with van der Waals surface area (Å²) in [5.74, 6) is 2.40. The van der Waals surface area contributed by atoms with Crippen LogP contribution in [0.3, 0.4) is 0 Å². The predicted octanol–water partition coefficient (Wildman–Crippen LogP) is 4.41. The number of H-pyrrole nitrogens is 1. The Morgan fingerprint density at radius 2 is 2.00 bits per heavy atom. The second-order valence-corrected chi connectivity index (χ2v) is 9.10. The van der Waals surface area contributed by atoms with Crippen LogP contribution in [0.25, 0.3) is 11.0 Å². The van der Waals surface area contributed by atoms with Gasteiger partial charge >= 0.3 is 0 Å². The number of carbonyl (C=O) groups excluding carboxylic acids is 1. The van der Waals surface area contributed by atoms with E-state index in [-0.39, 0.29) is 11.2 Å². The molecule has 1 unspecified atom stereocenters. The van der Waals surface area contributed by atoms with Gasteiger partial charge in [0.15, 0.2) is 5.82 Å². The molecule has 1 amide bonds. The molecule has 2 heterocycles. The number of fused-ring (bicyclic) bond motifs is 1. The zero-order chi connectivity index (χ0) is 20.3. The van der Waals surface area contributed by atoms with Crippen molar-refractivity contribution in [2.45, 2.75) is 63.2 Å². The molecule has 154 valence electrons. The van der Waals surface area contributed by atoms with Crippen LogP contribution in [0.2, 0.25) is 0 Å². The number of hydrogen-bond acceptors (Lipinski definition) is 6. The van der Waals surface area contributed by atoms with Crippen molar-refractivity contribution < 1.29 is 9.32 Å². The molecule has 3 aromatic rings.